The van der Waals surface area contributed by atoms with Crippen molar-refractivity contribution in [3.8, 4) is 0 Å². The number of hydrogen-bond donors (Lipinski definition) is 0. The summed E-state index contributed by atoms with van der Waals surface area (Å²) in [5, 5.41) is 0. The predicted octanol–water partition coefficient (Wildman–Crippen LogP) is 3.90. The van der Waals surface area contributed by atoms with Gasteiger partial charge in [0.25, 0.3) is 0 Å². The summed E-state index contributed by atoms with van der Waals surface area (Å²) in [5.74, 6) is -11.6. The number of unbranched alkanes of at least 4 members (excludes halogenated alkanes) is 1. The van der Waals surface area contributed by atoms with Crippen LogP contribution in [0.5, 0.6) is 0 Å². The van der Waals surface area contributed by atoms with Crippen molar-refractivity contribution in [3.05, 3.63) is 0 Å². The van der Waals surface area contributed by atoms with Crippen LogP contribution >= 0.6 is 11.8 Å². The maximum Gasteiger partial charge on any atom is 0.459 e. The van der Waals surface area contributed by atoms with Crippen molar-refractivity contribution in [2.45, 2.75) is 37.3 Å². The van der Waals surface area contributed by atoms with Gasteiger partial charge in [0.2, 0.25) is 0 Å². The van der Waals surface area contributed by atoms with Crippen molar-refractivity contribution < 1.29 is 40.3 Å². The maximum absolute atomic E-state index is 12.8. The Hall–Kier alpha value is -0.670. The highest BCUT2D eigenvalue weighted by molar-refractivity contribution is 7.99. The van der Waals surface area contributed by atoms with E-state index in [0.29, 0.717) is 0 Å². The summed E-state index contributed by atoms with van der Waals surface area (Å²) in [6.45, 7) is 0. The molecule has 0 aromatic carbocycles. The van der Waals surface area contributed by atoms with Gasteiger partial charge in [-0.05, 0) is 18.6 Å². The fourth-order valence-electron chi connectivity index (χ4n) is 1.13. The Balaban J connectivity index is 4.09. The van der Waals surface area contributed by atoms with E-state index in [9.17, 15) is 35.5 Å². The van der Waals surface area contributed by atoms with Crippen LogP contribution in [0, 0.1) is 0 Å². The maximum atomic E-state index is 12.8. The SMILES string of the molecule is COC(=O)CSCCCCC(F)(F)C(F)(F)C(F)(F)F. The molecule has 0 saturated heterocycles. The van der Waals surface area contributed by atoms with E-state index in [2.05, 4.69) is 4.74 Å². The first-order valence-corrected chi connectivity index (χ1v) is 6.58. The second-order valence-electron chi connectivity index (χ2n) is 3.86. The molecule has 0 radical (unpaired) electrons. The minimum absolute atomic E-state index is 0.00874. The van der Waals surface area contributed by atoms with Gasteiger partial charge in [0.15, 0.2) is 0 Å². The van der Waals surface area contributed by atoms with Crippen LogP contribution < -0.4 is 0 Å². The molecule has 0 fully saturated rings. The summed E-state index contributed by atoms with van der Waals surface area (Å²) in [4.78, 5) is 10.7. The van der Waals surface area contributed by atoms with Gasteiger partial charge >= 0.3 is 24.0 Å². The number of carbonyl (C=O) groups is 1. The van der Waals surface area contributed by atoms with Crippen molar-refractivity contribution in [1.82, 2.24) is 0 Å². The summed E-state index contributed by atoms with van der Waals surface area (Å²) in [6, 6.07) is 0. The molecule has 0 unspecified atom stereocenters. The van der Waals surface area contributed by atoms with Crippen molar-refractivity contribution in [3.63, 3.8) is 0 Å². The van der Waals surface area contributed by atoms with E-state index in [1.54, 1.807) is 0 Å². The molecule has 0 rings (SSSR count). The van der Waals surface area contributed by atoms with Crippen LogP contribution in [0.4, 0.5) is 30.7 Å². The summed E-state index contributed by atoms with van der Waals surface area (Å²) in [5.41, 5.74) is 0. The Bertz CT molecular complexity index is 317. The number of halogens is 7. The number of carbonyl (C=O) groups excluding carboxylic acids is 1. The van der Waals surface area contributed by atoms with Crippen molar-refractivity contribution >= 4 is 17.7 Å². The molecule has 120 valence electrons. The first kappa shape index (κ1) is 19.3. The molecular weight excluding hydrogens is 317 g/mol. The largest absolute Gasteiger partial charge is 0.468 e. The summed E-state index contributed by atoms with van der Waals surface area (Å²) < 4.78 is 90.4. The van der Waals surface area contributed by atoms with E-state index < -0.39 is 36.8 Å². The van der Waals surface area contributed by atoms with Gasteiger partial charge in [-0.1, -0.05) is 0 Å². The highest BCUT2D eigenvalue weighted by Crippen LogP contribution is 2.48. The van der Waals surface area contributed by atoms with Crippen LogP contribution in [0.2, 0.25) is 0 Å². The topological polar surface area (TPSA) is 26.3 Å². The average Bonchev–Trinajstić information content (AvgIpc) is 2.31. The number of rotatable bonds is 8. The highest BCUT2D eigenvalue weighted by Gasteiger charge is 2.72. The zero-order chi connectivity index (χ0) is 16.0. The molecule has 0 aliphatic heterocycles. The van der Waals surface area contributed by atoms with E-state index in [0.717, 1.165) is 18.9 Å². The fraction of sp³-hybridized carbons (Fsp3) is 0.900. The lowest BCUT2D eigenvalue weighted by molar-refractivity contribution is -0.355. The lowest BCUT2D eigenvalue weighted by atomic mass is 10.0. The Kier molecular flexibility index (Phi) is 7.12. The first-order valence-electron chi connectivity index (χ1n) is 5.42. The number of esters is 1. The Morgan fingerprint density at radius 3 is 2.05 bits per heavy atom. The third kappa shape index (κ3) is 5.37. The minimum atomic E-state index is -6.28. The molecule has 0 aromatic heterocycles. The van der Waals surface area contributed by atoms with E-state index in [-0.39, 0.29) is 17.9 Å². The van der Waals surface area contributed by atoms with Crippen LogP contribution in [0.15, 0.2) is 0 Å². The van der Waals surface area contributed by atoms with Gasteiger partial charge in [-0.15, -0.1) is 0 Å². The smallest absolute Gasteiger partial charge is 0.459 e. The van der Waals surface area contributed by atoms with E-state index in [1.807, 2.05) is 0 Å². The van der Waals surface area contributed by atoms with Gasteiger partial charge in [0, 0.05) is 6.42 Å². The van der Waals surface area contributed by atoms with E-state index >= 15 is 0 Å². The summed E-state index contributed by atoms with van der Waals surface area (Å²) in [7, 11) is 1.16. The normalized spacial score (nSPS) is 13.4. The second-order valence-corrected chi connectivity index (χ2v) is 4.97. The number of thioether (sulfide) groups is 1. The quantitative estimate of drug-likeness (QED) is 0.384. The molecule has 0 atom stereocenters. The Morgan fingerprint density at radius 2 is 1.60 bits per heavy atom. The third-order valence-electron chi connectivity index (χ3n) is 2.29. The molecule has 0 aromatic rings. The minimum Gasteiger partial charge on any atom is -0.468 e. The Morgan fingerprint density at radius 1 is 1.05 bits per heavy atom. The van der Waals surface area contributed by atoms with E-state index in [4.69, 9.17) is 0 Å². The van der Waals surface area contributed by atoms with Crippen molar-refractivity contribution in [1.29, 1.82) is 0 Å². The van der Waals surface area contributed by atoms with Gasteiger partial charge < -0.3 is 4.74 Å². The molecule has 20 heavy (non-hydrogen) atoms. The summed E-state index contributed by atoms with van der Waals surface area (Å²) >= 11 is 1.02. The molecular formula is C10H13F7O2S. The van der Waals surface area contributed by atoms with Crippen molar-refractivity contribution in [2.75, 3.05) is 18.6 Å². The molecule has 10 heteroatoms. The molecule has 0 aliphatic rings. The molecule has 0 aliphatic carbocycles. The average molecular weight is 330 g/mol. The van der Waals surface area contributed by atoms with Gasteiger partial charge in [-0.25, -0.2) is 0 Å². The van der Waals surface area contributed by atoms with Gasteiger partial charge in [-0.3, -0.25) is 4.79 Å². The zero-order valence-electron chi connectivity index (χ0n) is 10.4. The molecule has 0 saturated carbocycles. The monoisotopic (exact) mass is 330 g/mol. The summed E-state index contributed by atoms with van der Waals surface area (Å²) in [6.07, 6.45) is -8.37. The standard InChI is InChI=1S/C10H13F7O2S/c1-19-7(18)6-20-5-3-2-4-8(11,12)9(13,14)10(15,16)17/h2-6H2,1H3. The lowest BCUT2D eigenvalue weighted by Crippen LogP contribution is -2.51. The molecule has 0 amide bonds. The number of alkyl halides is 7. The highest BCUT2D eigenvalue weighted by atomic mass is 32.2. The van der Waals surface area contributed by atoms with Crippen LogP contribution in [0.25, 0.3) is 0 Å². The van der Waals surface area contributed by atoms with Crippen LogP contribution in [-0.4, -0.2) is 42.6 Å². The fourth-order valence-corrected chi connectivity index (χ4v) is 1.97. The van der Waals surface area contributed by atoms with E-state index in [1.165, 1.54) is 0 Å². The number of hydrogen-bond acceptors (Lipinski definition) is 3. The van der Waals surface area contributed by atoms with Gasteiger partial charge in [0.05, 0.1) is 12.9 Å². The second kappa shape index (κ2) is 7.37. The molecule has 0 heterocycles. The molecule has 2 nitrogen and oxygen atoms in total. The number of methoxy groups -OCH3 is 1. The zero-order valence-corrected chi connectivity index (χ0v) is 11.2. The van der Waals surface area contributed by atoms with Gasteiger partial charge in [0.1, 0.15) is 0 Å². The Labute approximate surface area is 115 Å². The first-order chi connectivity index (χ1) is 8.95. The van der Waals surface area contributed by atoms with Crippen LogP contribution in [-0.2, 0) is 9.53 Å². The molecule has 0 bridgehead atoms. The van der Waals surface area contributed by atoms with Crippen molar-refractivity contribution in [2.24, 2.45) is 0 Å². The molecule has 0 spiro atoms. The molecule has 0 N–H and O–H groups in total. The lowest BCUT2D eigenvalue weighted by Gasteiger charge is -2.28. The van der Waals surface area contributed by atoms with Crippen LogP contribution in [0.1, 0.15) is 19.3 Å². The van der Waals surface area contributed by atoms with Crippen LogP contribution in [0.3, 0.4) is 0 Å². The number of ether oxygens (including phenoxy) is 1. The predicted molar refractivity (Wildman–Crippen MR) is 59.1 cm³/mol. The third-order valence-corrected chi connectivity index (χ3v) is 3.31. The van der Waals surface area contributed by atoms with Gasteiger partial charge in [-0.2, -0.15) is 42.5 Å².